The van der Waals surface area contributed by atoms with E-state index in [1.807, 2.05) is 37.5 Å². The van der Waals surface area contributed by atoms with Crippen LogP contribution in [0.3, 0.4) is 0 Å². The fourth-order valence-electron chi connectivity index (χ4n) is 2.77. The largest absolute Gasteiger partial charge is 0.481 e. The zero-order valence-electron chi connectivity index (χ0n) is 15.8. The van der Waals surface area contributed by atoms with E-state index in [9.17, 15) is 14.7 Å². The molecule has 2 rings (SSSR count). The van der Waals surface area contributed by atoms with Gasteiger partial charge in [0.25, 0.3) is 0 Å². The van der Waals surface area contributed by atoms with Gasteiger partial charge >= 0.3 is 5.97 Å². The standard InChI is InChI=1S/C20H27N3O3/c1-20(2,3)16-8-6-15(7-9-16)17(11-19(25)26)22-18(24)10-5-14-12-21-23(4)13-14/h6-9,12-13,17H,5,10-11H2,1-4H3,(H,22,24)(H,25,26). The Hall–Kier alpha value is -2.63. The number of rotatable bonds is 7. The zero-order valence-corrected chi connectivity index (χ0v) is 15.8. The third kappa shape index (κ3) is 5.72. The lowest BCUT2D eigenvalue weighted by atomic mass is 9.86. The number of aryl methyl sites for hydroxylation is 2. The molecule has 6 nitrogen and oxygen atoms in total. The molecular formula is C20H27N3O3. The first-order valence-electron chi connectivity index (χ1n) is 8.74. The number of carbonyl (C=O) groups excluding carboxylic acids is 1. The van der Waals surface area contributed by atoms with Gasteiger partial charge in [0.1, 0.15) is 0 Å². The second-order valence-electron chi connectivity index (χ2n) is 7.61. The van der Waals surface area contributed by atoms with Crippen LogP contribution in [0.1, 0.15) is 56.3 Å². The Morgan fingerprint density at radius 1 is 1.23 bits per heavy atom. The maximum atomic E-state index is 12.3. The van der Waals surface area contributed by atoms with Crippen molar-refractivity contribution in [3.05, 3.63) is 53.3 Å². The summed E-state index contributed by atoms with van der Waals surface area (Å²) in [6.45, 7) is 6.37. The van der Waals surface area contributed by atoms with E-state index in [2.05, 4.69) is 31.2 Å². The third-order valence-corrected chi connectivity index (χ3v) is 4.29. The molecule has 1 heterocycles. The average Bonchev–Trinajstić information content (AvgIpc) is 2.97. The molecule has 0 aliphatic rings. The minimum Gasteiger partial charge on any atom is -0.481 e. The summed E-state index contributed by atoms with van der Waals surface area (Å²) < 4.78 is 1.69. The van der Waals surface area contributed by atoms with Gasteiger partial charge in [-0.2, -0.15) is 5.10 Å². The lowest BCUT2D eigenvalue weighted by Gasteiger charge is -2.22. The Labute approximate surface area is 154 Å². The molecule has 0 aliphatic heterocycles. The molecule has 6 heteroatoms. The molecule has 1 aromatic carbocycles. The van der Waals surface area contributed by atoms with Crippen LogP contribution in [-0.4, -0.2) is 26.8 Å². The van der Waals surface area contributed by atoms with Gasteiger partial charge in [-0.05, 0) is 28.5 Å². The van der Waals surface area contributed by atoms with E-state index in [1.165, 1.54) is 5.56 Å². The lowest BCUT2D eigenvalue weighted by Crippen LogP contribution is -2.30. The first-order chi connectivity index (χ1) is 12.1. The second kappa shape index (κ2) is 8.17. The molecule has 0 fully saturated rings. The third-order valence-electron chi connectivity index (χ3n) is 4.29. The number of nitrogens with zero attached hydrogens (tertiary/aromatic N) is 2. The van der Waals surface area contributed by atoms with Crippen molar-refractivity contribution >= 4 is 11.9 Å². The number of carbonyl (C=O) groups is 2. The van der Waals surface area contributed by atoms with E-state index >= 15 is 0 Å². The molecule has 26 heavy (non-hydrogen) atoms. The molecule has 2 N–H and O–H groups in total. The van der Waals surface area contributed by atoms with Gasteiger partial charge in [0.2, 0.25) is 5.91 Å². The maximum absolute atomic E-state index is 12.3. The molecule has 1 unspecified atom stereocenters. The van der Waals surface area contributed by atoms with Crippen LogP contribution in [0.15, 0.2) is 36.7 Å². The topological polar surface area (TPSA) is 84.2 Å². The maximum Gasteiger partial charge on any atom is 0.305 e. The summed E-state index contributed by atoms with van der Waals surface area (Å²) in [4.78, 5) is 23.5. The van der Waals surface area contributed by atoms with Gasteiger partial charge in [-0.1, -0.05) is 45.0 Å². The van der Waals surface area contributed by atoms with Crippen molar-refractivity contribution in [3.63, 3.8) is 0 Å². The van der Waals surface area contributed by atoms with Crippen LogP contribution in [0.25, 0.3) is 0 Å². The van der Waals surface area contributed by atoms with Crippen molar-refractivity contribution in [1.29, 1.82) is 0 Å². The summed E-state index contributed by atoms with van der Waals surface area (Å²) >= 11 is 0. The highest BCUT2D eigenvalue weighted by Gasteiger charge is 2.20. The minimum atomic E-state index is -0.942. The van der Waals surface area contributed by atoms with E-state index < -0.39 is 12.0 Å². The van der Waals surface area contributed by atoms with Crippen LogP contribution >= 0.6 is 0 Å². The molecule has 1 amide bonds. The molecule has 0 radical (unpaired) electrons. The first-order valence-corrected chi connectivity index (χ1v) is 8.74. The number of carboxylic acids is 1. The SMILES string of the molecule is Cn1cc(CCC(=O)NC(CC(=O)O)c2ccc(C(C)(C)C)cc2)cn1. The second-order valence-corrected chi connectivity index (χ2v) is 7.61. The van der Waals surface area contributed by atoms with E-state index in [1.54, 1.807) is 10.9 Å². The molecule has 0 saturated carbocycles. The van der Waals surface area contributed by atoms with Gasteiger partial charge in [0.15, 0.2) is 0 Å². The highest BCUT2D eigenvalue weighted by atomic mass is 16.4. The highest BCUT2D eigenvalue weighted by molar-refractivity contribution is 5.78. The van der Waals surface area contributed by atoms with Crippen molar-refractivity contribution in [2.45, 2.75) is 51.5 Å². The van der Waals surface area contributed by atoms with Crippen LogP contribution in [0.5, 0.6) is 0 Å². The monoisotopic (exact) mass is 357 g/mol. The number of carboxylic acid groups (broad SMARTS) is 1. The van der Waals surface area contributed by atoms with Crippen molar-refractivity contribution in [3.8, 4) is 0 Å². The van der Waals surface area contributed by atoms with Gasteiger partial charge < -0.3 is 10.4 Å². The van der Waals surface area contributed by atoms with Crippen LogP contribution in [0.4, 0.5) is 0 Å². The summed E-state index contributed by atoms with van der Waals surface area (Å²) in [5, 5.41) is 16.1. The van der Waals surface area contributed by atoms with Crippen molar-refractivity contribution in [2.24, 2.45) is 7.05 Å². The predicted octanol–water partition coefficient (Wildman–Crippen LogP) is 2.98. The van der Waals surface area contributed by atoms with E-state index in [4.69, 9.17) is 0 Å². The molecule has 2 aromatic rings. The smallest absolute Gasteiger partial charge is 0.305 e. The van der Waals surface area contributed by atoms with E-state index in [0.717, 1.165) is 11.1 Å². The minimum absolute atomic E-state index is 0.0216. The Balaban J connectivity index is 2.04. The van der Waals surface area contributed by atoms with Gasteiger partial charge in [0, 0.05) is 19.7 Å². The molecule has 0 spiro atoms. The number of hydrogen-bond acceptors (Lipinski definition) is 3. The number of hydrogen-bond donors (Lipinski definition) is 2. The normalized spacial score (nSPS) is 12.6. The predicted molar refractivity (Wildman–Crippen MR) is 99.8 cm³/mol. The highest BCUT2D eigenvalue weighted by Crippen LogP contribution is 2.25. The van der Waals surface area contributed by atoms with Crippen LogP contribution in [0.2, 0.25) is 0 Å². The van der Waals surface area contributed by atoms with E-state index in [-0.39, 0.29) is 17.7 Å². The van der Waals surface area contributed by atoms with E-state index in [0.29, 0.717) is 12.8 Å². The van der Waals surface area contributed by atoms with Crippen LogP contribution in [-0.2, 0) is 28.5 Å². The Morgan fingerprint density at radius 3 is 2.38 bits per heavy atom. The molecule has 0 bridgehead atoms. The van der Waals surface area contributed by atoms with Crippen LogP contribution < -0.4 is 5.32 Å². The zero-order chi connectivity index (χ0) is 19.3. The fraction of sp³-hybridized carbons (Fsp3) is 0.450. The number of amides is 1. The Bertz CT molecular complexity index is 757. The number of benzene rings is 1. The number of aliphatic carboxylic acids is 1. The van der Waals surface area contributed by atoms with Gasteiger partial charge in [-0.15, -0.1) is 0 Å². The Kier molecular flexibility index (Phi) is 6.18. The van der Waals surface area contributed by atoms with Gasteiger partial charge in [0.05, 0.1) is 18.7 Å². The Morgan fingerprint density at radius 2 is 1.88 bits per heavy atom. The lowest BCUT2D eigenvalue weighted by molar-refractivity contribution is -0.137. The van der Waals surface area contributed by atoms with Crippen molar-refractivity contribution in [1.82, 2.24) is 15.1 Å². The molecule has 140 valence electrons. The molecule has 1 atom stereocenters. The number of nitrogens with one attached hydrogen (secondary N) is 1. The summed E-state index contributed by atoms with van der Waals surface area (Å²) in [7, 11) is 1.83. The molecule has 0 saturated heterocycles. The van der Waals surface area contributed by atoms with Gasteiger partial charge in [-0.3, -0.25) is 14.3 Å². The van der Waals surface area contributed by atoms with Gasteiger partial charge in [-0.25, -0.2) is 0 Å². The van der Waals surface area contributed by atoms with Crippen molar-refractivity contribution in [2.75, 3.05) is 0 Å². The molecular weight excluding hydrogens is 330 g/mol. The van der Waals surface area contributed by atoms with Crippen molar-refractivity contribution < 1.29 is 14.7 Å². The molecule has 0 aliphatic carbocycles. The summed E-state index contributed by atoms with van der Waals surface area (Å²) in [6, 6.07) is 7.24. The average molecular weight is 357 g/mol. The quantitative estimate of drug-likeness (QED) is 0.798. The summed E-state index contributed by atoms with van der Waals surface area (Å²) in [6.07, 6.45) is 4.32. The molecule has 1 aromatic heterocycles. The van der Waals surface area contributed by atoms with Crippen LogP contribution in [0, 0.1) is 0 Å². The first kappa shape index (κ1) is 19.7. The summed E-state index contributed by atoms with van der Waals surface area (Å²) in [5.74, 6) is -1.11. The number of aromatic nitrogens is 2. The summed E-state index contributed by atoms with van der Waals surface area (Å²) in [5.41, 5.74) is 2.97. The fourth-order valence-corrected chi connectivity index (χ4v) is 2.77.